The zero-order valence-electron chi connectivity index (χ0n) is 16.9. The molecule has 0 spiro atoms. The summed E-state index contributed by atoms with van der Waals surface area (Å²) in [5, 5.41) is 5.55. The number of nitrogens with one attached hydrogen (secondary N) is 2. The molecule has 0 aliphatic carbocycles. The predicted octanol–water partition coefficient (Wildman–Crippen LogP) is 3.88. The van der Waals surface area contributed by atoms with E-state index >= 15 is 0 Å². The van der Waals surface area contributed by atoms with Crippen LogP contribution in [0.5, 0.6) is 11.5 Å². The Bertz CT molecular complexity index is 866. The third kappa shape index (κ3) is 6.08. The summed E-state index contributed by atoms with van der Waals surface area (Å²) in [5.74, 6) is 0.349. The van der Waals surface area contributed by atoms with Gasteiger partial charge in [0.05, 0.1) is 37.8 Å². The van der Waals surface area contributed by atoms with Crippen LogP contribution in [0.15, 0.2) is 55.1 Å². The summed E-state index contributed by atoms with van der Waals surface area (Å²) < 4.78 is 15.9. The van der Waals surface area contributed by atoms with Gasteiger partial charge in [0, 0.05) is 6.07 Å². The molecule has 7 nitrogen and oxygen atoms in total. The highest BCUT2D eigenvalue weighted by Crippen LogP contribution is 2.30. The van der Waals surface area contributed by atoms with Crippen LogP contribution in [0.1, 0.15) is 23.7 Å². The average molecular weight is 398 g/mol. The Labute approximate surface area is 170 Å². The van der Waals surface area contributed by atoms with E-state index in [1.54, 1.807) is 62.6 Å². The zero-order valence-corrected chi connectivity index (χ0v) is 16.9. The molecule has 1 unspecified atom stereocenters. The monoisotopic (exact) mass is 398 g/mol. The number of hydrogen-bond acceptors (Lipinski definition) is 5. The van der Waals surface area contributed by atoms with Crippen molar-refractivity contribution in [2.24, 2.45) is 0 Å². The lowest BCUT2D eigenvalue weighted by molar-refractivity contribution is -0.126. The zero-order chi connectivity index (χ0) is 21.2. The highest BCUT2D eigenvalue weighted by atomic mass is 16.5. The first-order chi connectivity index (χ1) is 14.0. The van der Waals surface area contributed by atoms with Gasteiger partial charge in [-0.05, 0) is 37.6 Å². The first kappa shape index (κ1) is 22.0. The molecule has 2 N–H and O–H groups in total. The van der Waals surface area contributed by atoms with Crippen LogP contribution >= 0.6 is 0 Å². The van der Waals surface area contributed by atoms with Crippen LogP contribution in [0.3, 0.4) is 0 Å². The molecule has 154 valence electrons. The molecule has 2 aromatic carbocycles. The molecule has 0 fully saturated rings. The number of carbonyl (C=O) groups is 2. The molecular formula is C22H26N2O5. The van der Waals surface area contributed by atoms with Crippen LogP contribution in [-0.4, -0.2) is 38.7 Å². The molecule has 2 rings (SSSR count). The second kappa shape index (κ2) is 10.9. The SMILES string of the molecule is C=CCCOC(C)C(=O)Nc1ccccc1C(=O)Nc1ccc(OC)cc1OC. The van der Waals surface area contributed by atoms with Crippen molar-refractivity contribution in [3.05, 3.63) is 60.7 Å². The maximum absolute atomic E-state index is 12.8. The molecule has 0 bridgehead atoms. The summed E-state index contributed by atoms with van der Waals surface area (Å²) in [7, 11) is 3.06. The fraction of sp³-hybridized carbons (Fsp3) is 0.273. The summed E-state index contributed by atoms with van der Waals surface area (Å²) >= 11 is 0. The minimum Gasteiger partial charge on any atom is -0.497 e. The summed E-state index contributed by atoms with van der Waals surface area (Å²) in [5.41, 5.74) is 1.19. The molecule has 0 radical (unpaired) electrons. The standard InChI is InChI=1S/C22H26N2O5/c1-5-6-13-29-15(2)21(25)23-18-10-8-7-9-17(18)22(26)24-19-12-11-16(27-3)14-20(19)28-4/h5,7-12,14-15H,1,6,13H2,2-4H3,(H,23,25)(H,24,26). The summed E-state index contributed by atoms with van der Waals surface area (Å²) in [6.45, 7) is 5.67. The Hall–Kier alpha value is -3.32. The molecule has 0 aliphatic rings. The number of ether oxygens (including phenoxy) is 3. The number of methoxy groups -OCH3 is 2. The quantitative estimate of drug-likeness (QED) is 0.469. The number of para-hydroxylation sites is 1. The first-order valence-electron chi connectivity index (χ1n) is 9.16. The maximum Gasteiger partial charge on any atom is 0.257 e. The fourth-order valence-electron chi connectivity index (χ4n) is 2.52. The summed E-state index contributed by atoms with van der Waals surface area (Å²) in [6.07, 6.45) is 1.71. The normalized spacial score (nSPS) is 11.3. The lowest BCUT2D eigenvalue weighted by atomic mass is 10.1. The van der Waals surface area contributed by atoms with E-state index in [0.29, 0.717) is 41.5 Å². The number of amides is 2. The van der Waals surface area contributed by atoms with Crippen molar-refractivity contribution in [3.63, 3.8) is 0 Å². The molecule has 0 saturated heterocycles. The molecule has 7 heteroatoms. The van der Waals surface area contributed by atoms with Gasteiger partial charge in [-0.3, -0.25) is 9.59 Å². The van der Waals surface area contributed by atoms with E-state index < -0.39 is 6.10 Å². The first-order valence-corrected chi connectivity index (χ1v) is 9.16. The predicted molar refractivity (Wildman–Crippen MR) is 113 cm³/mol. The molecule has 0 aromatic heterocycles. The maximum atomic E-state index is 12.8. The lowest BCUT2D eigenvalue weighted by Gasteiger charge is -2.16. The van der Waals surface area contributed by atoms with Gasteiger partial charge in [-0.2, -0.15) is 0 Å². The molecule has 0 aliphatic heterocycles. The van der Waals surface area contributed by atoms with Crippen LogP contribution in [0, 0.1) is 0 Å². The Morgan fingerprint density at radius 3 is 2.52 bits per heavy atom. The van der Waals surface area contributed by atoms with E-state index in [9.17, 15) is 9.59 Å². The van der Waals surface area contributed by atoms with E-state index in [-0.39, 0.29) is 11.8 Å². The molecule has 0 heterocycles. The van der Waals surface area contributed by atoms with Crippen LogP contribution < -0.4 is 20.1 Å². The van der Waals surface area contributed by atoms with Gasteiger partial charge >= 0.3 is 0 Å². The van der Waals surface area contributed by atoms with Crippen LogP contribution in [0.4, 0.5) is 11.4 Å². The number of carbonyl (C=O) groups excluding carboxylic acids is 2. The molecule has 2 amide bonds. The van der Waals surface area contributed by atoms with Crippen molar-refractivity contribution in [2.75, 3.05) is 31.5 Å². The minimum absolute atomic E-state index is 0.317. The van der Waals surface area contributed by atoms with E-state index in [1.807, 2.05) is 0 Å². The number of rotatable bonds is 10. The van der Waals surface area contributed by atoms with Gasteiger partial charge in [0.25, 0.3) is 11.8 Å². The fourth-order valence-corrected chi connectivity index (χ4v) is 2.52. The lowest BCUT2D eigenvalue weighted by Crippen LogP contribution is -2.29. The van der Waals surface area contributed by atoms with Crippen LogP contribution in [0.25, 0.3) is 0 Å². The van der Waals surface area contributed by atoms with Crippen molar-refractivity contribution in [1.82, 2.24) is 0 Å². The van der Waals surface area contributed by atoms with E-state index in [4.69, 9.17) is 14.2 Å². The van der Waals surface area contributed by atoms with E-state index in [0.717, 1.165) is 0 Å². The van der Waals surface area contributed by atoms with Crippen molar-refractivity contribution >= 4 is 23.2 Å². The van der Waals surface area contributed by atoms with Gasteiger partial charge in [0.1, 0.15) is 17.6 Å². The third-order valence-electron chi connectivity index (χ3n) is 4.15. The van der Waals surface area contributed by atoms with Gasteiger partial charge in [-0.25, -0.2) is 0 Å². The van der Waals surface area contributed by atoms with Gasteiger partial charge in [0.2, 0.25) is 0 Å². The molecule has 1 atom stereocenters. The Balaban J connectivity index is 2.14. The Morgan fingerprint density at radius 1 is 1.07 bits per heavy atom. The Kier molecular flexibility index (Phi) is 8.24. The van der Waals surface area contributed by atoms with Crippen LogP contribution in [0.2, 0.25) is 0 Å². The van der Waals surface area contributed by atoms with Crippen molar-refractivity contribution < 1.29 is 23.8 Å². The molecule has 2 aromatic rings. The largest absolute Gasteiger partial charge is 0.497 e. The van der Waals surface area contributed by atoms with Gasteiger partial charge < -0.3 is 24.8 Å². The molecule has 29 heavy (non-hydrogen) atoms. The van der Waals surface area contributed by atoms with E-state index in [1.165, 1.54) is 7.11 Å². The van der Waals surface area contributed by atoms with E-state index in [2.05, 4.69) is 17.2 Å². The second-order valence-corrected chi connectivity index (χ2v) is 6.15. The van der Waals surface area contributed by atoms with Crippen molar-refractivity contribution in [1.29, 1.82) is 0 Å². The number of hydrogen-bond donors (Lipinski definition) is 2. The molecule has 0 saturated carbocycles. The van der Waals surface area contributed by atoms with Gasteiger partial charge in [-0.15, -0.1) is 6.58 Å². The minimum atomic E-state index is -0.659. The van der Waals surface area contributed by atoms with Crippen molar-refractivity contribution in [3.8, 4) is 11.5 Å². The number of anilines is 2. The summed E-state index contributed by atoms with van der Waals surface area (Å²) in [4.78, 5) is 25.2. The summed E-state index contributed by atoms with van der Waals surface area (Å²) in [6, 6.07) is 11.8. The second-order valence-electron chi connectivity index (χ2n) is 6.15. The highest BCUT2D eigenvalue weighted by Gasteiger charge is 2.18. The highest BCUT2D eigenvalue weighted by molar-refractivity contribution is 6.10. The topological polar surface area (TPSA) is 85.9 Å². The van der Waals surface area contributed by atoms with Gasteiger partial charge in [-0.1, -0.05) is 18.2 Å². The Morgan fingerprint density at radius 2 is 1.83 bits per heavy atom. The van der Waals surface area contributed by atoms with Crippen LogP contribution in [-0.2, 0) is 9.53 Å². The average Bonchev–Trinajstić information content (AvgIpc) is 2.74. The molecular weight excluding hydrogens is 372 g/mol. The van der Waals surface area contributed by atoms with Crippen molar-refractivity contribution in [2.45, 2.75) is 19.4 Å². The van der Waals surface area contributed by atoms with Gasteiger partial charge in [0.15, 0.2) is 0 Å². The smallest absolute Gasteiger partial charge is 0.257 e. The number of benzene rings is 2. The third-order valence-corrected chi connectivity index (χ3v) is 4.15.